The number of fused-ring (bicyclic) bond motifs is 1. The van der Waals surface area contributed by atoms with Gasteiger partial charge in [-0.05, 0) is 29.8 Å². The molecule has 1 unspecified atom stereocenters. The number of aromatic hydroxyl groups is 1. The van der Waals surface area contributed by atoms with E-state index in [2.05, 4.69) is 10.3 Å². The third-order valence-corrected chi connectivity index (χ3v) is 4.17. The van der Waals surface area contributed by atoms with Crippen LogP contribution in [0.1, 0.15) is 23.6 Å². The van der Waals surface area contributed by atoms with Crippen molar-refractivity contribution in [3.05, 3.63) is 71.7 Å². The Morgan fingerprint density at radius 3 is 2.64 bits per heavy atom. The number of carbonyl (C=O) groups excluding carboxylic acids is 1. The Balaban J connectivity index is 1.84. The lowest BCUT2D eigenvalue weighted by molar-refractivity contribution is -0.116. The minimum atomic E-state index is -0.718. The molecule has 1 aromatic heterocycles. The van der Waals surface area contributed by atoms with Crippen molar-refractivity contribution in [3.63, 3.8) is 0 Å². The Labute approximate surface area is 141 Å². The number of anilines is 1. The summed E-state index contributed by atoms with van der Waals surface area (Å²) < 4.78 is 28.5. The van der Waals surface area contributed by atoms with Gasteiger partial charge in [-0.1, -0.05) is 12.1 Å². The number of aromatic nitrogens is 2. The molecule has 0 radical (unpaired) electrons. The molecule has 2 heterocycles. The van der Waals surface area contributed by atoms with Crippen LogP contribution in [0, 0.1) is 11.6 Å². The number of halogens is 2. The van der Waals surface area contributed by atoms with Crippen LogP contribution < -0.4 is 5.32 Å². The minimum Gasteiger partial charge on any atom is -0.508 e. The summed E-state index contributed by atoms with van der Waals surface area (Å²) in [6, 6.07) is 9.71. The molecule has 5 nitrogen and oxygen atoms in total. The van der Waals surface area contributed by atoms with Gasteiger partial charge in [-0.3, -0.25) is 9.36 Å². The second-order valence-corrected chi connectivity index (χ2v) is 5.88. The summed E-state index contributed by atoms with van der Waals surface area (Å²) in [5.74, 6) is -1.56. The Kier molecular flexibility index (Phi) is 3.49. The molecule has 1 amide bonds. The lowest BCUT2D eigenvalue weighted by Crippen LogP contribution is -2.24. The highest BCUT2D eigenvalue weighted by atomic mass is 19.1. The van der Waals surface area contributed by atoms with E-state index < -0.39 is 11.6 Å². The molecule has 1 aliphatic heterocycles. The van der Waals surface area contributed by atoms with Crippen LogP contribution in [-0.2, 0) is 4.79 Å². The molecule has 1 atom stereocenters. The molecule has 0 spiro atoms. The van der Waals surface area contributed by atoms with Gasteiger partial charge in [-0.25, -0.2) is 13.8 Å². The van der Waals surface area contributed by atoms with E-state index in [9.17, 15) is 18.7 Å². The van der Waals surface area contributed by atoms with Gasteiger partial charge in [0.15, 0.2) is 0 Å². The van der Waals surface area contributed by atoms with E-state index in [1.165, 1.54) is 10.9 Å². The zero-order valence-electron chi connectivity index (χ0n) is 12.9. The Morgan fingerprint density at radius 1 is 1.16 bits per heavy atom. The van der Waals surface area contributed by atoms with E-state index in [0.717, 1.165) is 23.8 Å². The standard InChI is InChI=1S/C18H13F2N3O2/c19-11-5-12(20)7-13(6-11)23-9-21-17-15(8-16(25)22-18(17)23)10-2-1-3-14(24)4-10/h1-7,9,15,24H,8H2,(H,22,25). The molecule has 2 aromatic carbocycles. The van der Waals surface area contributed by atoms with Crippen molar-refractivity contribution in [1.82, 2.24) is 9.55 Å². The summed E-state index contributed by atoms with van der Waals surface area (Å²) in [4.78, 5) is 16.5. The van der Waals surface area contributed by atoms with Crippen molar-refractivity contribution < 1.29 is 18.7 Å². The minimum absolute atomic E-state index is 0.0941. The first-order chi connectivity index (χ1) is 12.0. The molecule has 0 aliphatic carbocycles. The van der Waals surface area contributed by atoms with Crippen LogP contribution in [-0.4, -0.2) is 20.6 Å². The maximum absolute atomic E-state index is 13.5. The first-order valence-electron chi connectivity index (χ1n) is 7.64. The van der Waals surface area contributed by atoms with Crippen LogP contribution in [0.4, 0.5) is 14.6 Å². The summed E-state index contributed by atoms with van der Waals surface area (Å²) in [7, 11) is 0. The molecule has 4 rings (SSSR count). The molecule has 25 heavy (non-hydrogen) atoms. The maximum atomic E-state index is 13.5. The number of hydrogen-bond donors (Lipinski definition) is 2. The van der Waals surface area contributed by atoms with Gasteiger partial charge in [0.25, 0.3) is 0 Å². The maximum Gasteiger partial charge on any atom is 0.226 e. The molecule has 1 aliphatic rings. The summed E-state index contributed by atoms with van der Waals surface area (Å²) in [6.45, 7) is 0. The lowest BCUT2D eigenvalue weighted by atomic mass is 9.90. The predicted octanol–water partition coefficient (Wildman–Crippen LogP) is 3.33. The molecule has 3 aromatic rings. The average molecular weight is 341 g/mol. The van der Waals surface area contributed by atoms with E-state index in [-0.39, 0.29) is 29.7 Å². The normalized spacial score (nSPS) is 16.4. The van der Waals surface area contributed by atoms with E-state index in [1.54, 1.807) is 24.3 Å². The summed E-state index contributed by atoms with van der Waals surface area (Å²) in [5, 5.41) is 12.4. The highest BCUT2D eigenvalue weighted by Crippen LogP contribution is 2.38. The molecule has 0 bridgehead atoms. The summed E-state index contributed by atoms with van der Waals surface area (Å²) in [5.41, 5.74) is 1.55. The number of amides is 1. The molecule has 0 fully saturated rings. The van der Waals surface area contributed by atoms with Crippen LogP contribution in [0.3, 0.4) is 0 Å². The first-order valence-corrected chi connectivity index (χ1v) is 7.64. The number of carbonyl (C=O) groups is 1. The monoisotopic (exact) mass is 341 g/mol. The molecular formula is C18H13F2N3O2. The van der Waals surface area contributed by atoms with Gasteiger partial charge in [-0.2, -0.15) is 0 Å². The largest absolute Gasteiger partial charge is 0.508 e. The van der Waals surface area contributed by atoms with Crippen LogP contribution in [0.5, 0.6) is 5.75 Å². The number of phenols is 1. The van der Waals surface area contributed by atoms with E-state index >= 15 is 0 Å². The second-order valence-electron chi connectivity index (χ2n) is 5.88. The number of benzene rings is 2. The molecule has 126 valence electrons. The van der Waals surface area contributed by atoms with Crippen LogP contribution in [0.15, 0.2) is 48.8 Å². The lowest BCUT2D eigenvalue weighted by Gasteiger charge is -2.23. The smallest absolute Gasteiger partial charge is 0.226 e. The van der Waals surface area contributed by atoms with Crippen molar-refractivity contribution in [3.8, 4) is 11.4 Å². The SMILES string of the molecule is O=C1CC(c2cccc(O)c2)c2ncn(-c3cc(F)cc(F)c3)c2N1. The Bertz CT molecular complexity index is 964. The predicted molar refractivity (Wildman–Crippen MR) is 86.7 cm³/mol. The Hall–Kier alpha value is -3.22. The van der Waals surface area contributed by atoms with Gasteiger partial charge >= 0.3 is 0 Å². The fourth-order valence-corrected chi connectivity index (χ4v) is 3.10. The van der Waals surface area contributed by atoms with Crippen molar-refractivity contribution in [2.45, 2.75) is 12.3 Å². The van der Waals surface area contributed by atoms with Crippen LogP contribution in [0.25, 0.3) is 5.69 Å². The second kappa shape index (κ2) is 5.70. The first kappa shape index (κ1) is 15.3. The van der Waals surface area contributed by atoms with E-state index in [4.69, 9.17) is 0 Å². The molecule has 0 saturated heterocycles. The van der Waals surface area contributed by atoms with Gasteiger partial charge in [-0.15, -0.1) is 0 Å². The fraction of sp³-hybridized carbons (Fsp3) is 0.111. The topological polar surface area (TPSA) is 67.1 Å². The Morgan fingerprint density at radius 2 is 1.92 bits per heavy atom. The molecule has 2 N–H and O–H groups in total. The van der Waals surface area contributed by atoms with Crippen molar-refractivity contribution in [2.75, 3.05) is 5.32 Å². The van der Waals surface area contributed by atoms with Gasteiger partial charge in [0.1, 0.15) is 29.5 Å². The van der Waals surface area contributed by atoms with Crippen molar-refractivity contribution >= 4 is 11.7 Å². The molecular weight excluding hydrogens is 328 g/mol. The summed E-state index contributed by atoms with van der Waals surface area (Å²) in [6.07, 6.45) is 1.59. The van der Waals surface area contributed by atoms with E-state index in [1.807, 2.05) is 0 Å². The zero-order valence-corrected chi connectivity index (χ0v) is 12.9. The quantitative estimate of drug-likeness (QED) is 0.751. The number of imidazole rings is 1. The summed E-state index contributed by atoms with van der Waals surface area (Å²) >= 11 is 0. The number of phenolic OH excluding ortho intramolecular Hbond substituents is 1. The van der Waals surface area contributed by atoms with Crippen LogP contribution in [0.2, 0.25) is 0 Å². The van der Waals surface area contributed by atoms with Gasteiger partial charge < -0.3 is 10.4 Å². The van der Waals surface area contributed by atoms with Gasteiger partial charge in [0, 0.05) is 18.4 Å². The highest BCUT2D eigenvalue weighted by molar-refractivity contribution is 5.94. The van der Waals surface area contributed by atoms with Crippen molar-refractivity contribution in [1.29, 1.82) is 0 Å². The molecule has 0 saturated carbocycles. The number of hydrogen-bond acceptors (Lipinski definition) is 3. The van der Waals surface area contributed by atoms with Crippen molar-refractivity contribution in [2.24, 2.45) is 0 Å². The zero-order chi connectivity index (χ0) is 17.6. The third kappa shape index (κ3) is 2.73. The van der Waals surface area contributed by atoms with Gasteiger partial charge in [0.05, 0.1) is 11.4 Å². The number of rotatable bonds is 2. The highest BCUT2D eigenvalue weighted by Gasteiger charge is 2.31. The third-order valence-electron chi connectivity index (χ3n) is 4.17. The fourth-order valence-electron chi connectivity index (χ4n) is 3.10. The number of nitrogens with zero attached hydrogens (tertiary/aromatic N) is 2. The van der Waals surface area contributed by atoms with Crippen LogP contribution >= 0.6 is 0 Å². The molecule has 7 heteroatoms. The number of nitrogens with one attached hydrogen (secondary N) is 1. The van der Waals surface area contributed by atoms with Gasteiger partial charge in [0.2, 0.25) is 5.91 Å². The average Bonchev–Trinajstić information content (AvgIpc) is 2.96. The van der Waals surface area contributed by atoms with E-state index in [0.29, 0.717) is 11.5 Å².